The number of hydrogen-bond donors (Lipinski definition) is 2. The number of benzene rings is 2. The lowest BCUT2D eigenvalue weighted by molar-refractivity contribution is 0.187. The van der Waals surface area contributed by atoms with Gasteiger partial charge in [-0.1, -0.05) is 30.3 Å². The summed E-state index contributed by atoms with van der Waals surface area (Å²) >= 11 is 0. The van der Waals surface area contributed by atoms with Crippen LogP contribution in [-0.2, 0) is 13.0 Å². The van der Waals surface area contributed by atoms with Gasteiger partial charge in [0, 0.05) is 42.3 Å². The molecule has 3 heterocycles. The Morgan fingerprint density at radius 2 is 2.00 bits per heavy atom. The molecule has 0 bridgehead atoms. The van der Waals surface area contributed by atoms with Gasteiger partial charge in [-0.05, 0) is 56.8 Å². The second-order valence-corrected chi connectivity index (χ2v) is 9.20. The molecule has 5 rings (SSSR count). The molecule has 7 nitrogen and oxygen atoms in total. The summed E-state index contributed by atoms with van der Waals surface area (Å²) in [6.07, 6.45) is 3.27. The molecule has 0 aliphatic carbocycles. The third-order valence-electron chi connectivity index (χ3n) is 6.99. The molecule has 3 N–H and O–H groups in total. The van der Waals surface area contributed by atoms with Crippen LogP contribution in [0.15, 0.2) is 36.4 Å². The zero-order valence-corrected chi connectivity index (χ0v) is 19.7. The largest absolute Gasteiger partial charge is 0.462 e. The molecule has 33 heavy (non-hydrogen) atoms. The number of rotatable bonds is 7. The topological polar surface area (TPSA) is 79.5 Å². The summed E-state index contributed by atoms with van der Waals surface area (Å²) in [5.41, 5.74) is 10.5. The van der Waals surface area contributed by atoms with Gasteiger partial charge in [0.25, 0.3) is 0 Å². The predicted octanol–water partition coefficient (Wildman–Crippen LogP) is 3.34. The fraction of sp³-hybridized carbons (Fsp3) is 0.462. The normalized spacial score (nSPS) is 18.5. The van der Waals surface area contributed by atoms with E-state index >= 15 is 0 Å². The third kappa shape index (κ3) is 4.48. The first-order valence-electron chi connectivity index (χ1n) is 12.0. The van der Waals surface area contributed by atoms with E-state index in [2.05, 4.69) is 65.5 Å². The van der Waals surface area contributed by atoms with Crippen LogP contribution < -0.4 is 20.7 Å². The average molecular weight is 447 g/mol. The summed E-state index contributed by atoms with van der Waals surface area (Å²) in [7, 11) is 2.16. The monoisotopic (exact) mass is 446 g/mol. The Labute approximate surface area is 196 Å². The van der Waals surface area contributed by atoms with Gasteiger partial charge in [0.1, 0.15) is 12.4 Å². The molecule has 1 atom stereocenters. The summed E-state index contributed by atoms with van der Waals surface area (Å²) in [5.74, 6) is 0.869. The molecule has 1 saturated heterocycles. The lowest BCUT2D eigenvalue weighted by Gasteiger charge is -2.32. The minimum Gasteiger partial charge on any atom is -0.462 e. The quantitative estimate of drug-likeness (QED) is 0.576. The number of aromatic nitrogens is 2. The zero-order valence-electron chi connectivity index (χ0n) is 19.7. The maximum absolute atomic E-state index is 6.12. The Bertz CT molecular complexity index is 1130. The number of nitrogens with zero attached hydrogens (tertiary/aromatic N) is 4. The van der Waals surface area contributed by atoms with Gasteiger partial charge < -0.3 is 25.6 Å². The molecule has 0 unspecified atom stereocenters. The van der Waals surface area contributed by atoms with E-state index in [0.29, 0.717) is 31.7 Å². The molecule has 1 aromatic heterocycles. The van der Waals surface area contributed by atoms with Crippen molar-refractivity contribution in [2.75, 3.05) is 50.1 Å². The molecule has 174 valence electrons. The van der Waals surface area contributed by atoms with Crippen molar-refractivity contribution in [1.82, 2.24) is 14.9 Å². The van der Waals surface area contributed by atoms with Crippen LogP contribution in [-0.4, -0.2) is 60.7 Å². The minimum absolute atomic E-state index is 0.431. The second kappa shape index (κ2) is 9.53. The highest BCUT2D eigenvalue weighted by Gasteiger charge is 2.26. The first-order chi connectivity index (χ1) is 16.1. The van der Waals surface area contributed by atoms with Crippen LogP contribution >= 0.6 is 0 Å². The molecule has 3 aromatic rings. The minimum atomic E-state index is 0.431. The van der Waals surface area contributed by atoms with E-state index in [0.717, 1.165) is 44.0 Å². The van der Waals surface area contributed by atoms with Crippen LogP contribution in [0.5, 0.6) is 6.01 Å². The lowest BCUT2D eigenvalue weighted by atomic mass is 10.00. The summed E-state index contributed by atoms with van der Waals surface area (Å²) in [6, 6.07) is 14.0. The van der Waals surface area contributed by atoms with E-state index in [4.69, 9.17) is 20.4 Å². The molecule has 0 amide bonds. The van der Waals surface area contributed by atoms with Crippen LogP contribution in [0.1, 0.15) is 29.7 Å². The number of anilines is 2. The van der Waals surface area contributed by atoms with Crippen LogP contribution in [0.3, 0.4) is 0 Å². The maximum Gasteiger partial charge on any atom is 0.318 e. The number of nitrogens with one attached hydrogen (secondary N) is 1. The zero-order chi connectivity index (χ0) is 22.8. The number of likely N-dealkylation sites (N-methyl/N-ethyl adjacent to an activating group) is 1. The van der Waals surface area contributed by atoms with Crippen molar-refractivity contribution in [2.45, 2.75) is 38.8 Å². The molecule has 2 aliphatic heterocycles. The summed E-state index contributed by atoms with van der Waals surface area (Å²) in [5, 5.41) is 6.00. The summed E-state index contributed by atoms with van der Waals surface area (Å²) in [6.45, 7) is 6.84. The van der Waals surface area contributed by atoms with Crippen molar-refractivity contribution in [3.05, 3.63) is 53.2 Å². The van der Waals surface area contributed by atoms with Gasteiger partial charge in [-0.25, -0.2) is 0 Å². The van der Waals surface area contributed by atoms with Crippen molar-refractivity contribution in [2.24, 2.45) is 5.73 Å². The van der Waals surface area contributed by atoms with E-state index in [1.54, 1.807) is 0 Å². The molecule has 2 aromatic carbocycles. The van der Waals surface area contributed by atoms with Gasteiger partial charge >= 0.3 is 6.01 Å². The van der Waals surface area contributed by atoms with Crippen molar-refractivity contribution >= 4 is 22.3 Å². The SMILES string of the molecule is Cc1cccc2cccc(N3CCc4c(nc(OC[C@@H]5CCCN5C)nc4NCCN)C3)c12. The number of nitrogens with two attached hydrogens (primary N) is 1. The van der Waals surface area contributed by atoms with Crippen molar-refractivity contribution in [1.29, 1.82) is 0 Å². The highest BCUT2D eigenvalue weighted by atomic mass is 16.5. The number of aryl methyl sites for hydroxylation is 1. The van der Waals surface area contributed by atoms with Gasteiger partial charge in [0.15, 0.2) is 0 Å². The smallest absolute Gasteiger partial charge is 0.318 e. The van der Waals surface area contributed by atoms with Crippen LogP contribution in [0.4, 0.5) is 11.5 Å². The molecule has 7 heteroatoms. The van der Waals surface area contributed by atoms with Gasteiger partial charge in [-0.15, -0.1) is 0 Å². The maximum atomic E-state index is 6.12. The van der Waals surface area contributed by atoms with E-state index in [1.165, 1.54) is 34.0 Å². The third-order valence-corrected chi connectivity index (χ3v) is 6.99. The van der Waals surface area contributed by atoms with Gasteiger partial charge in [0.2, 0.25) is 0 Å². The van der Waals surface area contributed by atoms with Gasteiger partial charge in [0.05, 0.1) is 12.2 Å². The fourth-order valence-corrected chi connectivity index (χ4v) is 5.14. The van der Waals surface area contributed by atoms with Gasteiger partial charge in [-0.2, -0.15) is 9.97 Å². The Hall–Kier alpha value is -2.90. The van der Waals surface area contributed by atoms with Gasteiger partial charge in [-0.3, -0.25) is 0 Å². The molecule has 0 spiro atoms. The standard InChI is InChI=1S/C26H34N6O/c1-18-6-3-7-19-8-4-10-23(24(18)19)32-15-11-21-22(16-32)29-26(30-25(21)28-13-12-27)33-17-20-9-5-14-31(20)2/h3-4,6-8,10,20H,5,9,11-17,27H2,1-2H3,(H,28,29,30)/t20-/m0/s1. The Morgan fingerprint density at radius 3 is 2.79 bits per heavy atom. The summed E-state index contributed by atoms with van der Waals surface area (Å²) in [4.78, 5) is 14.4. The molecular weight excluding hydrogens is 412 g/mol. The van der Waals surface area contributed by atoms with Crippen LogP contribution in [0.2, 0.25) is 0 Å². The Balaban J connectivity index is 1.44. The Kier molecular flexibility index (Phi) is 6.33. The molecule has 1 fully saturated rings. The Morgan fingerprint density at radius 1 is 1.15 bits per heavy atom. The van der Waals surface area contributed by atoms with E-state index in [-0.39, 0.29) is 0 Å². The first kappa shape index (κ1) is 21.9. The molecule has 0 radical (unpaired) electrons. The number of hydrogen-bond acceptors (Lipinski definition) is 7. The lowest BCUT2D eigenvalue weighted by Crippen LogP contribution is -2.33. The summed E-state index contributed by atoms with van der Waals surface area (Å²) < 4.78 is 6.12. The molecular formula is C26H34N6O. The fourth-order valence-electron chi connectivity index (χ4n) is 5.14. The highest BCUT2D eigenvalue weighted by Crippen LogP contribution is 2.34. The molecule has 2 aliphatic rings. The van der Waals surface area contributed by atoms with Crippen molar-refractivity contribution in [3.8, 4) is 6.01 Å². The highest BCUT2D eigenvalue weighted by molar-refractivity contribution is 5.97. The first-order valence-corrected chi connectivity index (χ1v) is 12.0. The number of fused-ring (bicyclic) bond motifs is 2. The van der Waals surface area contributed by atoms with Crippen molar-refractivity contribution < 1.29 is 4.74 Å². The number of likely N-dealkylation sites (tertiary alicyclic amines) is 1. The molecule has 0 saturated carbocycles. The van der Waals surface area contributed by atoms with Crippen LogP contribution in [0, 0.1) is 6.92 Å². The van der Waals surface area contributed by atoms with E-state index in [1.807, 2.05) is 0 Å². The average Bonchev–Trinajstić information content (AvgIpc) is 3.25. The number of ether oxygens (including phenoxy) is 1. The second-order valence-electron chi connectivity index (χ2n) is 9.20. The predicted molar refractivity (Wildman–Crippen MR) is 134 cm³/mol. The van der Waals surface area contributed by atoms with Crippen molar-refractivity contribution in [3.63, 3.8) is 0 Å². The van der Waals surface area contributed by atoms with E-state index in [9.17, 15) is 0 Å². The van der Waals surface area contributed by atoms with E-state index < -0.39 is 0 Å². The van der Waals surface area contributed by atoms with Crippen LogP contribution in [0.25, 0.3) is 10.8 Å².